The Labute approximate surface area is 118 Å². The minimum absolute atomic E-state index is 0.240. The van der Waals surface area contributed by atoms with Crippen molar-refractivity contribution in [2.45, 2.75) is 31.7 Å². The fourth-order valence-electron chi connectivity index (χ4n) is 3.07. The summed E-state index contributed by atoms with van der Waals surface area (Å²) in [5.74, 6) is 1.60. The summed E-state index contributed by atoms with van der Waals surface area (Å²) in [7, 11) is 0. The number of nitrogen functional groups attached to an aromatic ring is 1. The van der Waals surface area contributed by atoms with E-state index in [4.69, 9.17) is 10.8 Å². The molecule has 0 bridgehead atoms. The lowest BCUT2D eigenvalue weighted by atomic mass is 10.0. The predicted octanol–water partition coefficient (Wildman–Crippen LogP) is 2.17. The molecule has 1 saturated carbocycles. The van der Waals surface area contributed by atoms with Gasteiger partial charge in [-0.15, -0.1) is 0 Å². The van der Waals surface area contributed by atoms with Crippen LogP contribution in [0.5, 0.6) is 0 Å². The Kier molecular flexibility index (Phi) is 3.69. The van der Waals surface area contributed by atoms with Gasteiger partial charge < -0.3 is 16.2 Å². The minimum atomic E-state index is 0.240. The standard InChI is InChI=1S/C15H20N4O/c16-14-11-5-1-2-6-13(11)18-15(19-14)17-12-7-3-4-10(12)8-9-20/h1-2,5-6,10,12,20H,3-4,7-9H2,(H3,16,17,18,19). The molecule has 1 aliphatic carbocycles. The van der Waals surface area contributed by atoms with Gasteiger partial charge in [0, 0.05) is 18.0 Å². The number of anilines is 2. The summed E-state index contributed by atoms with van der Waals surface area (Å²) in [4.78, 5) is 8.88. The molecule has 3 rings (SSSR count). The van der Waals surface area contributed by atoms with Crippen LogP contribution in [0.1, 0.15) is 25.7 Å². The van der Waals surface area contributed by atoms with E-state index in [0.717, 1.165) is 30.2 Å². The van der Waals surface area contributed by atoms with Crippen molar-refractivity contribution in [1.82, 2.24) is 9.97 Å². The summed E-state index contributed by atoms with van der Waals surface area (Å²) in [5, 5.41) is 13.4. The van der Waals surface area contributed by atoms with Crippen molar-refractivity contribution in [2.75, 3.05) is 17.7 Å². The predicted molar refractivity (Wildman–Crippen MR) is 80.4 cm³/mol. The highest BCUT2D eigenvalue weighted by Crippen LogP contribution is 2.30. The molecule has 20 heavy (non-hydrogen) atoms. The van der Waals surface area contributed by atoms with Gasteiger partial charge in [0.2, 0.25) is 5.95 Å². The number of aliphatic hydroxyl groups is 1. The van der Waals surface area contributed by atoms with Crippen molar-refractivity contribution in [3.05, 3.63) is 24.3 Å². The molecule has 5 nitrogen and oxygen atoms in total. The highest BCUT2D eigenvalue weighted by Gasteiger charge is 2.27. The first-order chi connectivity index (χ1) is 9.78. The summed E-state index contributed by atoms with van der Waals surface area (Å²) in [6.07, 6.45) is 4.27. The quantitative estimate of drug-likeness (QED) is 0.794. The number of nitrogens with two attached hydrogens (primary N) is 1. The molecule has 1 aliphatic rings. The zero-order valence-electron chi connectivity index (χ0n) is 11.4. The zero-order valence-corrected chi connectivity index (χ0v) is 11.4. The molecule has 1 fully saturated rings. The molecule has 0 radical (unpaired) electrons. The van der Waals surface area contributed by atoms with Crippen LogP contribution in [0.2, 0.25) is 0 Å². The lowest BCUT2D eigenvalue weighted by molar-refractivity contribution is 0.254. The lowest BCUT2D eigenvalue weighted by Gasteiger charge is -2.20. The van der Waals surface area contributed by atoms with Crippen LogP contribution in [-0.2, 0) is 0 Å². The first-order valence-electron chi connectivity index (χ1n) is 7.17. The smallest absolute Gasteiger partial charge is 0.225 e. The van der Waals surface area contributed by atoms with Crippen LogP contribution < -0.4 is 11.1 Å². The molecule has 0 saturated heterocycles. The highest BCUT2D eigenvalue weighted by molar-refractivity contribution is 5.88. The number of hydrogen-bond acceptors (Lipinski definition) is 5. The zero-order chi connectivity index (χ0) is 13.9. The molecular weight excluding hydrogens is 252 g/mol. The van der Waals surface area contributed by atoms with Gasteiger partial charge in [-0.25, -0.2) is 4.98 Å². The summed E-state index contributed by atoms with van der Waals surface area (Å²) in [5.41, 5.74) is 6.85. The first-order valence-corrected chi connectivity index (χ1v) is 7.17. The number of aromatic nitrogens is 2. The summed E-state index contributed by atoms with van der Waals surface area (Å²) in [6, 6.07) is 8.09. The summed E-state index contributed by atoms with van der Waals surface area (Å²) in [6.45, 7) is 0.240. The number of nitrogens with one attached hydrogen (secondary N) is 1. The second-order valence-corrected chi connectivity index (χ2v) is 5.40. The monoisotopic (exact) mass is 272 g/mol. The van der Waals surface area contributed by atoms with Gasteiger partial charge in [0.1, 0.15) is 5.82 Å². The molecule has 0 spiro atoms. The molecule has 2 atom stereocenters. The highest BCUT2D eigenvalue weighted by atomic mass is 16.3. The molecule has 1 aromatic heterocycles. The molecule has 2 unspecified atom stereocenters. The number of hydrogen-bond donors (Lipinski definition) is 3. The van der Waals surface area contributed by atoms with Crippen molar-refractivity contribution in [1.29, 1.82) is 0 Å². The first kappa shape index (κ1) is 13.1. The molecule has 0 amide bonds. The van der Waals surface area contributed by atoms with Crippen LogP contribution in [0.25, 0.3) is 10.9 Å². The van der Waals surface area contributed by atoms with Crippen LogP contribution in [0.4, 0.5) is 11.8 Å². The maximum absolute atomic E-state index is 9.12. The molecule has 106 valence electrons. The number of rotatable bonds is 4. The van der Waals surface area contributed by atoms with Gasteiger partial charge in [-0.3, -0.25) is 0 Å². The Morgan fingerprint density at radius 2 is 2.10 bits per heavy atom. The Morgan fingerprint density at radius 3 is 2.95 bits per heavy atom. The third kappa shape index (κ3) is 2.54. The van der Waals surface area contributed by atoms with Gasteiger partial charge in [0.05, 0.1) is 5.52 Å². The second-order valence-electron chi connectivity index (χ2n) is 5.40. The minimum Gasteiger partial charge on any atom is -0.396 e. The normalized spacial score (nSPS) is 22.2. The summed E-state index contributed by atoms with van der Waals surface area (Å²) < 4.78 is 0. The Hall–Kier alpha value is -1.88. The van der Waals surface area contributed by atoms with E-state index in [1.807, 2.05) is 24.3 Å². The Balaban J connectivity index is 1.84. The van der Waals surface area contributed by atoms with Gasteiger partial charge >= 0.3 is 0 Å². The third-order valence-corrected chi connectivity index (χ3v) is 4.11. The number of aliphatic hydroxyl groups excluding tert-OH is 1. The number of benzene rings is 1. The number of nitrogens with zero attached hydrogens (tertiary/aromatic N) is 2. The van der Waals surface area contributed by atoms with Crippen LogP contribution in [-0.4, -0.2) is 27.7 Å². The van der Waals surface area contributed by atoms with E-state index in [-0.39, 0.29) is 6.61 Å². The maximum Gasteiger partial charge on any atom is 0.225 e. The van der Waals surface area contributed by atoms with Crippen LogP contribution >= 0.6 is 0 Å². The Bertz CT molecular complexity index is 601. The molecule has 5 heteroatoms. The number of para-hydroxylation sites is 1. The van der Waals surface area contributed by atoms with E-state index in [1.165, 1.54) is 6.42 Å². The van der Waals surface area contributed by atoms with Crippen molar-refractivity contribution < 1.29 is 5.11 Å². The molecule has 2 aromatic rings. The second kappa shape index (κ2) is 5.63. The van der Waals surface area contributed by atoms with Crippen LogP contribution in [0.3, 0.4) is 0 Å². The van der Waals surface area contributed by atoms with Gasteiger partial charge in [-0.1, -0.05) is 18.6 Å². The number of fused-ring (bicyclic) bond motifs is 1. The van der Waals surface area contributed by atoms with E-state index in [0.29, 0.717) is 23.7 Å². The fourth-order valence-corrected chi connectivity index (χ4v) is 3.07. The average Bonchev–Trinajstić information content (AvgIpc) is 2.87. The van der Waals surface area contributed by atoms with Crippen molar-refractivity contribution >= 4 is 22.7 Å². The molecular formula is C15H20N4O. The Morgan fingerprint density at radius 1 is 1.25 bits per heavy atom. The average molecular weight is 272 g/mol. The molecule has 0 aliphatic heterocycles. The van der Waals surface area contributed by atoms with E-state index in [2.05, 4.69) is 15.3 Å². The van der Waals surface area contributed by atoms with Crippen molar-refractivity contribution in [3.63, 3.8) is 0 Å². The van der Waals surface area contributed by atoms with E-state index < -0.39 is 0 Å². The van der Waals surface area contributed by atoms with Gasteiger partial charge in [0.25, 0.3) is 0 Å². The van der Waals surface area contributed by atoms with Crippen molar-refractivity contribution in [2.24, 2.45) is 5.92 Å². The van der Waals surface area contributed by atoms with E-state index in [1.54, 1.807) is 0 Å². The lowest BCUT2D eigenvalue weighted by Crippen LogP contribution is -2.26. The maximum atomic E-state index is 9.12. The molecule has 1 aromatic carbocycles. The van der Waals surface area contributed by atoms with E-state index >= 15 is 0 Å². The van der Waals surface area contributed by atoms with Crippen LogP contribution in [0, 0.1) is 5.92 Å². The molecule has 1 heterocycles. The van der Waals surface area contributed by atoms with Gasteiger partial charge in [-0.2, -0.15) is 4.98 Å². The largest absolute Gasteiger partial charge is 0.396 e. The van der Waals surface area contributed by atoms with Crippen LogP contribution in [0.15, 0.2) is 24.3 Å². The SMILES string of the molecule is Nc1nc(NC2CCCC2CCO)nc2ccccc12. The molecule has 4 N–H and O–H groups in total. The van der Waals surface area contributed by atoms with Crippen molar-refractivity contribution in [3.8, 4) is 0 Å². The summed E-state index contributed by atoms with van der Waals surface area (Å²) >= 11 is 0. The van der Waals surface area contributed by atoms with E-state index in [9.17, 15) is 0 Å². The fraction of sp³-hybridized carbons (Fsp3) is 0.467. The van der Waals surface area contributed by atoms with Gasteiger partial charge in [0.15, 0.2) is 0 Å². The topological polar surface area (TPSA) is 84.1 Å². The van der Waals surface area contributed by atoms with Gasteiger partial charge in [-0.05, 0) is 37.3 Å². The third-order valence-electron chi connectivity index (χ3n) is 4.11.